The molecule has 32 heavy (non-hydrogen) atoms. The van der Waals surface area contributed by atoms with E-state index in [1.807, 2.05) is 4.90 Å². The first-order valence-electron chi connectivity index (χ1n) is 11.0. The van der Waals surface area contributed by atoms with Gasteiger partial charge in [-0.2, -0.15) is 0 Å². The third kappa shape index (κ3) is 6.39. The highest BCUT2D eigenvalue weighted by Crippen LogP contribution is 2.23. The molecule has 0 spiro atoms. The maximum absolute atomic E-state index is 12.6. The Bertz CT molecular complexity index is 870. The number of methoxy groups -OCH3 is 1. The van der Waals surface area contributed by atoms with Crippen molar-refractivity contribution >= 4 is 11.9 Å². The molecule has 0 aliphatic carbocycles. The van der Waals surface area contributed by atoms with Crippen molar-refractivity contribution in [2.24, 2.45) is 0 Å². The van der Waals surface area contributed by atoms with Gasteiger partial charge in [0, 0.05) is 12.1 Å². The zero-order chi connectivity index (χ0) is 22.9. The smallest absolute Gasteiger partial charge is 0.338 e. The maximum Gasteiger partial charge on any atom is 0.338 e. The molecule has 0 bridgehead atoms. The van der Waals surface area contributed by atoms with Crippen LogP contribution in [0.3, 0.4) is 0 Å². The Morgan fingerprint density at radius 1 is 0.844 bits per heavy atom. The van der Waals surface area contributed by atoms with Crippen LogP contribution >= 0.6 is 0 Å². The molecule has 2 unspecified atom stereocenters. The van der Waals surface area contributed by atoms with Crippen molar-refractivity contribution in [3.8, 4) is 17.2 Å². The van der Waals surface area contributed by atoms with Gasteiger partial charge in [-0.1, -0.05) is 0 Å². The van der Waals surface area contributed by atoms with Gasteiger partial charge in [-0.25, -0.2) is 4.79 Å². The molecule has 1 saturated heterocycles. The second kappa shape index (κ2) is 11.4. The number of nitrogens with zero attached hydrogens (tertiary/aromatic N) is 1. The topological polar surface area (TPSA) is 74.3 Å². The van der Waals surface area contributed by atoms with Gasteiger partial charge in [0.05, 0.1) is 12.7 Å². The fourth-order valence-electron chi connectivity index (χ4n) is 3.87. The Morgan fingerprint density at radius 2 is 1.41 bits per heavy atom. The number of rotatable bonds is 9. The normalized spacial score (nSPS) is 18.0. The standard InChI is InChI=1S/C25H31NO6/c1-18-5-4-6-19(2)26(18)24(27)17-32-23-9-7-20(8-10-23)25(28)31-16-15-30-22-13-11-21(29-3)12-14-22/h7-14,18-19H,4-6,15-17H2,1-3H3. The van der Waals surface area contributed by atoms with Crippen molar-refractivity contribution in [2.75, 3.05) is 26.9 Å². The van der Waals surface area contributed by atoms with E-state index in [1.54, 1.807) is 55.6 Å². The van der Waals surface area contributed by atoms with Crippen LogP contribution in [0.25, 0.3) is 0 Å². The van der Waals surface area contributed by atoms with Gasteiger partial charge in [-0.15, -0.1) is 0 Å². The van der Waals surface area contributed by atoms with E-state index in [4.69, 9.17) is 18.9 Å². The lowest BCUT2D eigenvalue weighted by Crippen LogP contribution is -2.49. The van der Waals surface area contributed by atoms with Crippen LogP contribution in [-0.2, 0) is 9.53 Å². The summed E-state index contributed by atoms with van der Waals surface area (Å²) in [6, 6.07) is 14.2. The summed E-state index contributed by atoms with van der Waals surface area (Å²) < 4.78 is 21.5. The molecule has 0 aromatic heterocycles. The van der Waals surface area contributed by atoms with Gasteiger partial charge in [0.15, 0.2) is 6.61 Å². The van der Waals surface area contributed by atoms with Gasteiger partial charge in [-0.3, -0.25) is 4.79 Å². The number of carbonyl (C=O) groups excluding carboxylic acids is 2. The zero-order valence-corrected chi connectivity index (χ0v) is 18.9. The van der Waals surface area contributed by atoms with Crippen molar-refractivity contribution in [1.82, 2.24) is 4.90 Å². The Balaban J connectivity index is 1.40. The summed E-state index contributed by atoms with van der Waals surface area (Å²) in [6.45, 7) is 4.52. The van der Waals surface area contributed by atoms with Crippen LogP contribution in [0, 0.1) is 0 Å². The summed E-state index contributed by atoms with van der Waals surface area (Å²) in [5.41, 5.74) is 0.409. The van der Waals surface area contributed by atoms with E-state index in [9.17, 15) is 9.59 Å². The Kier molecular flexibility index (Phi) is 8.36. The minimum atomic E-state index is -0.443. The van der Waals surface area contributed by atoms with Crippen molar-refractivity contribution in [2.45, 2.75) is 45.2 Å². The summed E-state index contributed by atoms with van der Waals surface area (Å²) in [5, 5.41) is 0. The minimum absolute atomic E-state index is 0.00922. The predicted octanol–water partition coefficient (Wildman–Crippen LogP) is 4.10. The number of piperidine rings is 1. The summed E-state index contributed by atoms with van der Waals surface area (Å²) in [7, 11) is 1.60. The minimum Gasteiger partial charge on any atom is -0.497 e. The summed E-state index contributed by atoms with van der Waals surface area (Å²) in [4.78, 5) is 26.7. The summed E-state index contributed by atoms with van der Waals surface area (Å²) >= 11 is 0. The molecule has 1 fully saturated rings. The third-order valence-electron chi connectivity index (χ3n) is 5.58. The third-order valence-corrected chi connectivity index (χ3v) is 5.58. The fraction of sp³-hybridized carbons (Fsp3) is 0.440. The van der Waals surface area contributed by atoms with E-state index in [2.05, 4.69) is 13.8 Å². The van der Waals surface area contributed by atoms with Gasteiger partial charge >= 0.3 is 5.97 Å². The molecular weight excluding hydrogens is 410 g/mol. The molecule has 0 N–H and O–H groups in total. The van der Waals surface area contributed by atoms with Crippen molar-refractivity contribution in [1.29, 1.82) is 0 Å². The Morgan fingerprint density at radius 3 is 2.03 bits per heavy atom. The fourth-order valence-corrected chi connectivity index (χ4v) is 3.87. The number of amides is 1. The van der Waals surface area contributed by atoms with Gasteiger partial charge in [0.2, 0.25) is 0 Å². The molecule has 2 aromatic carbocycles. The molecule has 1 aliphatic heterocycles. The second-order valence-corrected chi connectivity index (χ2v) is 7.90. The molecule has 1 heterocycles. The van der Waals surface area contributed by atoms with E-state index in [0.29, 0.717) is 17.1 Å². The highest BCUT2D eigenvalue weighted by molar-refractivity contribution is 5.89. The summed E-state index contributed by atoms with van der Waals surface area (Å²) in [6.07, 6.45) is 3.20. The van der Waals surface area contributed by atoms with Gasteiger partial charge in [-0.05, 0) is 81.6 Å². The van der Waals surface area contributed by atoms with E-state index >= 15 is 0 Å². The molecule has 172 valence electrons. The van der Waals surface area contributed by atoms with Crippen LogP contribution in [0.4, 0.5) is 0 Å². The van der Waals surface area contributed by atoms with Gasteiger partial charge < -0.3 is 23.8 Å². The van der Waals surface area contributed by atoms with Crippen LogP contribution in [-0.4, -0.2) is 55.8 Å². The number of esters is 1. The Hall–Kier alpha value is -3.22. The number of benzene rings is 2. The lowest BCUT2D eigenvalue weighted by atomic mass is 9.97. The molecule has 0 radical (unpaired) electrons. The molecule has 2 atom stereocenters. The molecule has 1 aliphatic rings. The average molecular weight is 442 g/mol. The van der Waals surface area contributed by atoms with Gasteiger partial charge in [0.1, 0.15) is 30.5 Å². The molecule has 7 heteroatoms. The van der Waals surface area contributed by atoms with Gasteiger partial charge in [0.25, 0.3) is 5.91 Å². The number of ether oxygens (including phenoxy) is 4. The maximum atomic E-state index is 12.6. The van der Waals surface area contributed by atoms with Crippen LogP contribution in [0.15, 0.2) is 48.5 Å². The van der Waals surface area contributed by atoms with Crippen LogP contribution in [0.2, 0.25) is 0 Å². The van der Waals surface area contributed by atoms with E-state index in [-0.39, 0.29) is 37.8 Å². The van der Waals surface area contributed by atoms with E-state index in [0.717, 1.165) is 25.0 Å². The molecule has 1 amide bonds. The number of carbonyl (C=O) groups is 2. The molecule has 7 nitrogen and oxygen atoms in total. The van der Waals surface area contributed by atoms with Crippen LogP contribution in [0.5, 0.6) is 17.2 Å². The molecule has 0 saturated carbocycles. The van der Waals surface area contributed by atoms with Crippen molar-refractivity contribution in [3.63, 3.8) is 0 Å². The van der Waals surface area contributed by atoms with Crippen molar-refractivity contribution < 1.29 is 28.5 Å². The lowest BCUT2D eigenvalue weighted by molar-refractivity contribution is -0.139. The highest BCUT2D eigenvalue weighted by Gasteiger charge is 2.28. The lowest BCUT2D eigenvalue weighted by Gasteiger charge is -2.38. The SMILES string of the molecule is COc1ccc(OCCOC(=O)c2ccc(OCC(=O)N3C(C)CCCC3C)cc2)cc1. The molecular formula is C25H31NO6. The highest BCUT2D eigenvalue weighted by atomic mass is 16.6. The zero-order valence-electron chi connectivity index (χ0n) is 18.9. The second-order valence-electron chi connectivity index (χ2n) is 7.90. The number of hydrogen-bond donors (Lipinski definition) is 0. The Labute approximate surface area is 189 Å². The van der Waals surface area contributed by atoms with Crippen molar-refractivity contribution in [3.05, 3.63) is 54.1 Å². The first-order valence-corrected chi connectivity index (χ1v) is 11.0. The largest absolute Gasteiger partial charge is 0.497 e. The van der Waals surface area contributed by atoms with E-state index < -0.39 is 5.97 Å². The summed E-state index contributed by atoms with van der Waals surface area (Å²) in [5.74, 6) is 1.50. The quantitative estimate of drug-likeness (QED) is 0.431. The monoisotopic (exact) mass is 441 g/mol. The number of likely N-dealkylation sites (tertiary alicyclic amines) is 1. The molecule has 2 aromatic rings. The van der Waals surface area contributed by atoms with E-state index in [1.165, 1.54) is 0 Å². The molecule has 3 rings (SSSR count). The number of hydrogen-bond acceptors (Lipinski definition) is 6. The first kappa shape index (κ1) is 23.4. The first-order chi connectivity index (χ1) is 15.5. The van der Waals surface area contributed by atoms with Crippen LogP contribution < -0.4 is 14.2 Å². The average Bonchev–Trinajstić information content (AvgIpc) is 2.81. The predicted molar refractivity (Wildman–Crippen MR) is 120 cm³/mol. The van der Waals surface area contributed by atoms with Crippen LogP contribution in [0.1, 0.15) is 43.5 Å².